The molecule has 0 amide bonds. The average molecular weight is 474 g/mol. The van der Waals surface area contributed by atoms with Gasteiger partial charge in [0.25, 0.3) is 0 Å². The summed E-state index contributed by atoms with van der Waals surface area (Å²) in [5, 5.41) is 0.844. The molecule has 0 aromatic carbocycles. The molecular weight excluding hydrogens is 439 g/mol. The van der Waals surface area contributed by atoms with Gasteiger partial charge >= 0.3 is 6.18 Å². The van der Waals surface area contributed by atoms with Crippen LogP contribution in [0.5, 0.6) is 0 Å². The molecule has 2 aromatic heterocycles. The summed E-state index contributed by atoms with van der Waals surface area (Å²) in [5.74, 6) is 0. The number of nitrogens with zero attached hydrogens (tertiary/aromatic N) is 3. The summed E-state index contributed by atoms with van der Waals surface area (Å²) in [6.45, 7) is 9.74. The third-order valence-electron chi connectivity index (χ3n) is 7.35. The molecule has 2 aromatic rings. The lowest BCUT2D eigenvalue weighted by atomic mass is 9.78. The van der Waals surface area contributed by atoms with Gasteiger partial charge in [-0.3, -0.25) is 4.90 Å². The second-order valence-corrected chi connectivity index (χ2v) is 9.75. The van der Waals surface area contributed by atoms with Crippen molar-refractivity contribution in [3.05, 3.63) is 59.5 Å². The van der Waals surface area contributed by atoms with Crippen molar-refractivity contribution in [2.24, 2.45) is 5.41 Å². The zero-order valence-corrected chi connectivity index (χ0v) is 20.3. The van der Waals surface area contributed by atoms with E-state index in [1.54, 1.807) is 18.5 Å². The van der Waals surface area contributed by atoms with Crippen molar-refractivity contribution in [2.75, 3.05) is 26.3 Å². The molecule has 0 N–H and O–H groups in total. The first-order chi connectivity index (χ1) is 16.2. The van der Waals surface area contributed by atoms with Crippen LogP contribution in [-0.2, 0) is 11.3 Å². The molecule has 0 unspecified atom stereocenters. The van der Waals surface area contributed by atoms with Crippen molar-refractivity contribution < 1.29 is 17.9 Å². The summed E-state index contributed by atoms with van der Waals surface area (Å²) in [6.07, 6.45) is 8.43. The van der Waals surface area contributed by atoms with Crippen LogP contribution in [0, 0.1) is 5.41 Å². The molecule has 2 aliphatic heterocycles. The maximum Gasteiger partial charge on any atom is 0.414 e. The summed E-state index contributed by atoms with van der Waals surface area (Å²) < 4.78 is 48.0. The van der Waals surface area contributed by atoms with Crippen LogP contribution < -0.4 is 0 Å². The number of halogens is 3. The van der Waals surface area contributed by atoms with Crippen LogP contribution in [0.25, 0.3) is 16.7 Å². The minimum absolute atomic E-state index is 0.0861. The van der Waals surface area contributed by atoms with Gasteiger partial charge < -0.3 is 9.30 Å². The third kappa shape index (κ3) is 5.47. The van der Waals surface area contributed by atoms with E-state index in [-0.39, 0.29) is 5.70 Å². The van der Waals surface area contributed by atoms with Crippen molar-refractivity contribution in [3.8, 4) is 0 Å². The van der Waals surface area contributed by atoms with Gasteiger partial charge in [-0.15, -0.1) is 0 Å². The topological polar surface area (TPSA) is 30.3 Å². The Balaban J connectivity index is 1.56. The van der Waals surface area contributed by atoms with Crippen LogP contribution in [0.4, 0.5) is 13.2 Å². The number of pyridine rings is 1. The Kier molecular flexibility index (Phi) is 7.33. The number of ether oxygens (including phenoxy) is 1. The molecule has 4 nitrogen and oxygen atoms in total. The largest absolute Gasteiger partial charge is 0.414 e. The van der Waals surface area contributed by atoms with Crippen LogP contribution in [0.15, 0.2) is 53.9 Å². The number of hydrogen-bond donors (Lipinski definition) is 0. The lowest BCUT2D eigenvalue weighted by Gasteiger charge is -2.38. The van der Waals surface area contributed by atoms with Crippen LogP contribution in [-0.4, -0.2) is 46.9 Å². The van der Waals surface area contributed by atoms with Crippen LogP contribution in [0.2, 0.25) is 0 Å². The molecule has 1 spiro atoms. The summed E-state index contributed by atoms with van der Waals surface area (Å²) >= 11 is 0. The molecule has 2 fully saturated rings. The molecule has 34 heavy (non-hydrogen) atoms. The maximum absolute atomic E-state index is 13.6. The highest BCUT2D eigenvalue weighted by molar-refractivity contribution is 5.82. The fourth-order valence-corrected chi connectivity index (χ4v) is 4.79. The first-order valence-corrected chi connectivity index (χ1v) is 12.1. The number of likely N-dealkylation sites (tertiary alicyclic amines) is 1. The lowest BCUT2D eigenvalue weighted by molar-refractivity contribution is -0.0908. The summed E-state index contributed by atoms with van der Waals surface area (Å²) in [5.41, 5.74) is 2.52. The molecule has 0 radical (unpaired) electrons. The Morgan fingerprint density at radius 2 is 1.97 bits per heavy atom. The van der Waals surface area contributed by atoms with Crippen molar-refractivity contribution in [1.29, 1.82) is 0 Å². The summed E-state index contributed by atoms with van der Waals surface area (Å²) in [7, 11) is 0. The molecule has 7 heteroatoms. The molecule has 184 valence electrons. The second-order valence-electron chi connectivity index (χ2n) is 9.75. The fraction of sp³-hybridized carbons (Fsp3) is 0.519. The first-order valence-electron chi connectivity index (χ1n) is 12.1. The Morgan fingerprint density at radius 1 is 1.21 bits per heavy atom. The van der Waals surface area contributed by atoms with Gasteiger partial charge in [0.1, 0.15) is 5.65 Å². The number of alkyl halides is 3. The van der Waals surface area contributed by atoms with Crippen molar-refractivity contribution in [2.45, 2.75) is 59.2 Å². The first kappa shape index (κ1) is 24.7. The zero-order valence-electron chi connectivity index (χ0n) is 20.3. The molecular formula is C27H34F3N3O. The monoisotopic (exact) mass is 473 g/mol. The van der Waals surface area contributed by atoms with E-state index in [4.69, 9.17) is 4.74 Å². The number of piperidine rings is 1. The van der Waals surface area contributed by atoms with Gasteiger partial charge in [-0.05, 0) is 81.8 Å². The van der Waals surface area contributed by atoms with Crippen molar-refractivity contribution in [1.82, 2.24) is 14.5 Å². The minimum Gasteiger partial charge on any atom is -0.381 e. The molecule has 0 aliphatic carbocycles. The van der Waals surface area contributed by atoms with Gasteiger partial charge in [0.15, 0.2) is 0 Å². The van der Waals surface area contributed by atoms with Crippen LogP contribution in [0.1, 0.15) is 52.0 Å². The standard InChI is InChI=1S/C27H34F3N3O/c1-4-20(2)6-5-7-24(21(3)27(28,29)30)33-12-8-23-16-22(17-31-25(23)33)18-32-13-9-26(10-14-32)11-15-34-19-26/h5-8,12,16-17H,4,9-11,13-15,18-19H2,1-3H3/b7-5-,20-6+,24-21-. The zero-order chi connectivity index (χ0) is 24.3. The van der Waals surface area contributed by atoms with Crippen LogP contribution >= 0.6 is 0 Å². The van der Waals surface area contributed by atoms with Gasteiger partial charge in [-0.25, -0.2) is 4.98 Å². The van der Waals surface area contributed by atoms with E-state index in [0.717, 1.165) is 82.0 Å². The Bertz CT molecular complexity index is 1090. The SMILES string of the molecule is CC/C(C)=C/C=C\C(=C(/C)C(F)(F)F)n1ccc2cc(CN3CCC4(CCOC4)CC3)cnc21. The van der Waals surface area contributed by atoms with Gasteiger partial charge in [0.2, 0.25) is 0 Å². The van der Waals surface area contributed by atoms with Gasteiger partial charge in [-0.2, -0.15) is 13.2 Å². The van der Waals surface area contributed by atoms with E-state index >= 15 is 0 Å². The second kappa shape index (κ2) is 10.1. The lowest BCUT2D eigenvalue weighted by Crippen LogP contribution is -2.40. The summed E-state index contributed by atoms with van der Waals surface area (Å²) in [4.78, 5) is 7.03. The van der Waals surface area contributed by atoms with Gasteiger partial charge in [-0.1, -0.05) is 24.6 Å². The number of fused-ring (bicyclic) bond motifs is 1. The number of rotatable bonds is 6. The molecule has 2 saturated heterocycles. The van der Waals surface area contributed by atoms with E-state index in [1.165, 1.54) is 10.6 Å². The normalized spacial score (nSPS) is 20.6. The predicted octanol–water partition coefficient (Wildman–Crippen LogP) is 6.74. The van der Waals surface area contributed by atoms with Crippen molar-refractivity contribution in [3.63, 3.8) is 0 Å². The molecule has 2 aliphatic rings. The Labute approximate surface area is 199 Å². The van der Waals surface area contributed by atoms with Gasteiger partial charge in [0, 0.05) is 30.9 Å². The average Bonchev–Trinajstić information content (AvgIpc) is 3.44. The van der Waals surface area contributed by atoms with E-state index in [9.17, 15) is 13.2 Å². The maximum atomic E-state index is 13.6. The quantitative estimate of drug-likeness (QED) is 0.435. The van der Waals surface area contributed by atoms with Crippen LogP contribution in [0.3, 0.4) is 0 Å². The highest BCUT2D eigenvalue weighted by atomic mass is 19.4. The van der Waals surface area contributed by atoms with E-state index in [0.29, 0.717) is 11.1 Å². The molecule has 0 atom stereocenters. The van der Waals surface area contributed by atoms with E-state index in [1.807, 2.05) is 32.1 Å². The van der Waals surface area contributed by atoms with E-state index < -0.39 is 11.7 Å². The summed E-state index contributed by atoms with van der Waals surface area (Å²) in [6, 6.07) is 3.89. The highest BCUT2D eigenvalue weighted by Gasteiger charge is 2.38. The Hall–Kier alpha value is -2.38. The molecule has 0 bridgehead atoms. The molecule has 4 rings (SSSR count). The minimum atomic E-state index is -4.42. The predicted molar refractivity (Wildman–Crippen MR) is 130 cm³/mol. The van der Waals surface area contributed by atoms with E-state index in [2.05, 4.69) is 9.88 Å². The number of aromatic nitrogens is 2. The third-order valence-corrected chi connectivity index (χ3v) is 7.35. The van der Waals surface area contributed by atoms with Gasteiger partial charge in [0.05, 0.1) is 17.9 Å². The molecule has 4 heterocycles. The van der Waals surface area contributed by atoms with Crippen molar-refractivity contribution >= 4 is 16.7 Å². The molecule has 0 saturated carbocycles. The number of hydrogen-bond acceptors (Lipinski definition) is 3. The smallest absolute Gasteiger partial charge is 0.381 e. The number of allylic oxidation sites excluding steroid dienone is 6. The Morgan fingerprint density at radius 3 is 2.62 bits per heavy atom. The fourth-order valence-electron chi connectivity index (χ4n) is 4.79. The highest BCUT2D eigenvalue weighted by Crippen LogP contribution is 2.39.